The Morgan fingerprint density at radius 2 is 0.818 bits per heavy atom. The Morgan fingerprint density at radius 1 is 0.477 bits per heavy atom. The van der Waals surface area contributed by atoms with E-state index in [-0.39, 0.29) is 33.4 Å². The summed E-state index contributed by atoms with van der Waals surface area (Å²) in [5, 5.41) is 5.18. The van der Waals surface area contributed by atoms with Crippen LogP contribution in [0.1, 0.15) is 57.4 Å². The third-order valence-electron chi connectivity index (χ3n) is 7.42. The second-order valence-electron chi connectivity index (χ2n) is 10.2. The first kappa shape index (κ1) is 29.7. The second-order valence-corrected chi connectivity index (χ2v) is 12.7. The second kappa shape index (κ2) is 11.6. The van der Waals surface area contributed by atoms with Gasteiger partial charge in [0.15, 0.2) is 40.8 Å². The molecular formula is C33H18I2N2O7. The summed E-state index contributed by atoms with van der Waals surface area (Å²) in [7, 11) is 0. The Hall–Kier alpha value is -4.37. The van der Waals surface area contributed by atoms with E-state index in [4.69, 9.17) is 0 Å². The molecule has 2 atom stereocenters. The summed E-state index contributed by atoms with van der Waals surface area (Å²) in [4.78, 5) is 91.5. The van der Waals surface area contributed by atoms with Crippen molar-refractivity contribution in [1.29, 1.82) is 0 Å². The molecule has 2 N–H and O–H groups in total. The van der Waals surface area contributed by atoms with E-state index in [1.165, 1.54) is 36.4 Å². The van der Waals surface area contributed by atoms with Gasteiger partial charge in [-0.1, -0.05) is 12.1 Å². The van der Waals surface area contributed by atoms with Crippen molar-refractivity contribution in [2.75, 3.05) is 10.6 Å². The molecule has 0 aliphatic heterocycles. The Bertz CT molecular complexity index is 1830. The van der Waals surface area contributed by atoms with Crippen LogP contribution in [0.4, 0.5) is 11.4 Å². The van der Waals surface area contributed by atoms with Crippen molar-refractivity contribution in [2.24, 2.45) is 11.8 Å². The van der Waals surface area contributed by atoms with Crippen LogP contribution in [-0.4, -0.2) is 40.7 Å². The Labute approximate surface area is 277 Å². The lowest BCUT2D eigenvalue weighted by Gasteiger charge is -2.09. The number of ketones is 5. The number of carbonyl (C=O) groups excluding carboxylic acids is 7. The first-order chi connectivity index (χ1) is 21.0. The maximum Gasteiger partial charge on any atom is 0.243 e. The number of Topliss-reactive ketones (excluding diaryl/α,β-unsaturated/α-hetero) is 4. The molecule has 44 heavy (non-hydrogen) atoms. The van der Waals surface area contributed by atoms with Crippen LogP contribution in [-0.2, 0) is 9.59 Å². The SMILES string of the molecule is O=C(c1ccc2c(c1)C(=O)C(C(=O)Nc1ccc(I)cc1)C2=O)c1ccc2c(c1)C(=O)C(C(=O)Nc1ccc(I)cc1)C2=O. The molecule has 216 valence electrons. The fourth-order valence-electron chi connectivity index (χ4n) is 5.21. The van der Waals surface area contributed by atoms with Crippen LogP contribution in [0.5, 0.6) is 0 Å². The Balaban J connectivity index is 1.21. The highest BCUT2D eigenvalue weighted by atomic mass is 127. The van der Waals surface area contributed by atoms with Crippen molar-refractivity contribution < 1.29 is 33.6 Å². The van der Waals surface area contributed by atoms with Gasteiger partial charge in [0.25, 0.3) is 0 Å². The molecule has 2 aliphatic carbocycles. The number of hydrogen-bond acceptors (Lipinski definition) is 7. The van der Waals surface area contributed by atoms with Crippen LogP contribution >= 0.6 is 45.2 Å². The molecule has 11 heteroatoms. The average molecular weight is 808 g/mol. The fraction of sp³-hybridized carbons (Fsp3) is 0.0606. The van der Waals surface area contributed by atoms with Crippen LogP contribution in [0.3, 0.4) is 0 Å². The molecule has 9 nitrogen and oxygen atoms in total. The molecule has 0 fully saturated rings. The number of benzene rings is 4. The number of nitrogens with one attached hydrogen (secondary N) is 2. The molecule has 0 saturated heterocycles. The molecule has 0 saturated carbocycles. The van der Waals surface area contributed by atoms with Gasteiger partial charge in [-0.15, -0.1) is 0 Å². The van der Waals surface area contributed by atoms with Gasteiger partial charge in [0.1, 0.15) is 0 Å². The number of anilines is 2. The number of rotatable bonds is 6. The van der Waals surface area contributed by atoms with Gasteiger partial charge in [0.05, 0.1) is 0 Å². The van der Waals surface area contributed by atoms with Gasteiger partial charge in [-0.3, -0.25) is 33.6 Å². The molecule has 0 heterocycles. The number of halogens is 2. The maximum absolute atomic E-state index is 13.4. The van der Waals surface area contributed by atoms with Gasteiger partial charge < -0.3 is 10.6 Å². The fourth-order valence-corrected chi connectivity index (χ4v) is 5.93. The lowest BCUT2D eigenvalue weighted by Crippen LogP contribution is -2.31. The van der Waals surface area contributed by atoms with Crippen molar-refractivity contribution in [3.05, 3.63) is 125 Å². The highest BCUT2D eigenvalue weighted by Crippen LogP contribution is 2.32. The zero-order valence-corrected chi connectivity index (χ0v) is 26.7. The number of carbonyl (C=O) groups is 7. The summed E-state index contributed by atoms with van der Waals surface area (Å²) >= 11 is 4.22. The summed E-state index contributed by atoms with van der Waals surface area (Å²) in [5.74, 6) is -8.05. The van der Waals surface area contributed by atoms with E-state index < -0.39 is 52.6 Å². The van der Waals surface area contributed by atoms with Crippen molar-refractivity contribution >= 4 is 97.3 Å². The van der Waals surface area contributed by atoms with E-state index in [1.54, 1.807) is 48.5 Å². The molecule has 0 radical (unpaired) electrons. The molecule has 6 rings (SSSR count). The van der Waals surface area contributed by atoms with Crippen LogP contribution < -0.4 is 10.6 Å². The first-order valence-corrected chi connectivity index (χ1v) is 15.3. The number of hydrogen-bond donors (Lipinski definition) is 2. The topological polar surface area (TPSA) is 144 Å². The summed E-state index contributed by atoms with van der Waals surface area (Å²) in [6, 6.07) is 21.6. The molecule has 4 aromatic carbocycles. The molecule has 0 bridgehead atoms. The largest absolute Gasteiger partial charge is 0.325 e. The predicted molar refractivity (Wildman–Crippen MR) is 176 cm³/mol. The van der Waals surface area contributed by atoms with Crippen molar-refractivity contribution in [2.45, 2.75) is 0 Å². The minimum Gasteiger partial charge on any atom is -0.325 e. The monoisotopic (exact) mass is 808 g/mol. The number of fused-ring (bicyclic) bond motifs is 2. The van der Waals surface area contributed by atoms with Crippen LogP contribution in [0.15, 0.2) is 84.9 Å². The van der Waals surface area contributed by atoms with Crippen LogP contribution in [0, 0.1) is 19.0 Å². The van der Waals surface area contributed by atoms with E-state index in [0.29, 0.717) is 11.4 Å². The number of amides is 2. The quantitative estimate of drug-likeness (QED) is 0.151. The van der Waals surface area contributed by atoms with E-state index in [2.05, 4.69) is 55.8 Å². The van der Waals surface area contributed by atoms with Crippen LogP contribution in [0.2, 0.25) is 0 Å². The van der Waals surface area contributed by atoms with E-state index in [0.717, 1.165) is 7.14 Å². The summed E-state index contributed by atoms with van der Waals surface area (Å²) in [5.41, 5.74) is 0.925. The van der Waals surface area contributed by atoms with Gasteiger partial charge in [-0.25, -0.2) is 0 Å². The molecule has 0 aromatic heterocycles. The Kier molecular flexibility index (Phi) is 7.84. The summed E-state index contributed by atoms with van der Waals surface area (Å²) in [6.45, 7) is 0. The standard InChI is InChI=1S/C33H18I2N2O7/c34-17-3-7-19(8-4-17)36-32(43)25-28(39)21-11-1-15(13-23(21)30(25)41)27(38)16-2-12-22-24(14-16)31(42)26(29(22)40)33(44)37-20-9-5-18(35)6-10-20/h1-14,25-26H,(H,36,43)(H,37,44). The van der Waals surface area contributed by atoms with E-state index in [9.17, 15) is 33.6 Å². The molecule has 4 aromatic rings. The summed E-state index contributed by atoms with van der Waals surface area (Å²) in [6.07, 6.45) is 0. The lowest BCUT2D eigenvalue weighted by molar-refractivity contribution is -0.118. The molecular weight excluding hydrogens is 790 g/mol. The van der Waals surface area contributed by atoms with E-state index in [1.807, 2.05) is 0 Å². The van der Waals surface area contributed by atoms with Crippen molar-refractivity contribution in [1.82, 2.24) is 0 Å². The van der Waals surface area contributed by atoms with Crippen molar-refractivity contribution in [3.8, 4) is 0 Å². The maximum atomic E-state index is 13.4. The van der Waals surface area contributed by atoms with Gasteiger partial charge in [0.2, 0.25) is 11.8 Å². The minimum atomic E-state index is -1.58. The Morgan fingerprint density at radius 3 is 1.18 bits per heavy atom. The van der Waals surface area contributed by atoms with Gasteiger partial charge in [-0.2, -0.15) is 0 Å². The molecule has 2 amide bonds. The van der Waals surface area contributed by atoms with Crippen LogP contribution in [0.25, 0.3) is 0 Å². The highest BCUT2D eigenvalue weighted by molar-refractivity contribution is 14.1. The molecule has 2 unspecified atom stereocenters. The third kappa shape index (κ3) is 5.30. The highest BCUT2D eigenvalue weighted by Gasteiger charge is 2.45. The molecule has 2 aliphatic rings. The van der Waals surface area contributed by atoms with E-state index >= 15 is 0 Å². The van der Waals surface area contributed by atoms with Gasteiger partial charge in [-0.05, 0) is 118 Å². The zero-order chi connectivity index (χ0) is 31.3. The average Bonchev–Trinajstić information content (AvgIpc) is 3.42. The molecule has 0 spiro atoms. The lowest BCUT2D eigenvalue weighted by atomic mass is 9.96. The minimum absolute atomic E-state index is 0.0334. The summed E-state index contributed by atoms with van der Waals surface area (Å²) < 4.78 is 1.89. The van der Waals surface area contributed by atoms with Crippen molar-refractivity contribution in [3.63, 3.8) is 0 Å². The predicted octanol–water partition coefficient (Wildman–Crippen LogP) is 5.39. The normalized spacial score (nSPS) is 16.9. The smallest absolute Gasteiger partial charge is 0.243 e. The first-order valence-electron chi connectivity index (χ1n) is 13.2. The van der Waals surface area contributed by atoms with Gasteiger partial charge in [0, 0.05) is 51.9 Å². The van der Waals surface area contributed by atoms with Gasteiger partial charge >= 0.3 is 0 Å². The third-order valence-corrected chi connectivity index (χ3v) is 8.86. The zero-order valence-electron chi connectivity index (χ0n) is 22.4.